The molecule has 3 N–H and O–H groups in total. The summed E-state index contributed by atoms with van der Waals surface area (Å²) in [5.41, 5.74) is 4.59. The minimum absolute atomic E-state index is 0.0341. The van der Waals surface area contributed by atoms with E-state index in [9.17, 15) is 19.5 Å². The Bertz CT molecular complexity index is 1000. The SMILES string of the molecule is CC(C)C(NC(=O)C1CCCC1NC(=O)OCC1c2ccccc2-c2ccccc21)C(=O)O. The highest BCUT2D eigenvalue weighted by atomic mass is 16.5. The average molecular weight is 451 g/mol. The van der Waals surface area contributed by atoms with Gasteiger partial charge in [-0.1, -0.05) is 68.8 Å². The maximum atomic E-state index is 12.7. The Morgan fingerprint density at radius 3 is 2.18 bits per heavy atom. The standard InChI is InChI=1S/C26H30N2O5/c1-15(2)23(25(30)31)28-24(29)20-12-7-13-22(20)27-26(32)33-14-21-18-10-5-3-8-16(18)17-9-4-6-11-19(17)21/h3-6,8-11,15,20-23H,7,12-14H2,1-2H3,(H,27,32)(H,28,29)(H,30,31). The van der Waals surface area contributed by atoms with Gasteiger partial charge in [-0.2, -0.15) is 0 Å². The van der Waals surface area contributed by atoms with Gasteiger partial charge in [0.05, 0.1) is 5.92 Å². The fraction of sp³-hybridized carbons (Fsp3) is 0.423. The van der Waals surface area contributed by atoms with Crippen LogP contribution in [0.1, 0.15) is 50.2 Å². The molecule has 33 heavy (non-hydrogen) atoms. The lowest BCUT2D eigenvalue weighted by molar-refractivity contribution is -0.143. The molecule has 2 aromatic carbocycles. The summed E-state index contributed by atoms with van der Waals surface area (Å²) in [7, 11) is 0. The van der Waals surface area contributed by atoms with Gasteiger partial charge in [-0.15, -0.1) is 0 Å². The Hall–Kier alpha value is -3.35. The number of alkyl carbamates (subject to hydrolysis) is 1. The number of rotatable bonds is 7. The van der Waals surface area contributed by atoms with Gasteiger partial charge in [-0.25, -0.2) is 9.59 Å². The van der Waals surface area contributed by atoms with Crippen LogP contribution in [-0.2, 0) is 14.3 Å². The number of benzene rings is 2. The van der Waals surface area contributed by atoms with E-state index in [1.165, 1.54) is 0 Å². The van der Waals surface area contributed by atoms with E-state index in [-0.39, 0.29) is 30.4 Å². The van der Waals surface area contributed by atoms with Crippen LogP contribution in [-0.4, -0.2) is 41.8 Å². The van der Waals surface area contributed by atoms with Crippen LogP contribution in [0.3, 0.4) is 0 Å². The molecule has 4 rings (SSSR count). The van der Waals surface area contributed by atoms with Crippen molar-refractivity contribution in [2.75, 3.05) is 6.61 Å². The van der Waals surface area contributed by atoms with Crippen LogP contribution in [0.5, 0.6) is 0 Å². The summed E-state index contributed by atoms with van der Waals surface area (Å²) in [5.74, 6) is -2.13. The predicted molar refractivity (Wildman–Crippen MR) is 124 cm³/mol. The molecule has 0 aromatic heterocycles. The van der Waals surface area contributed by atoms with E-state index in [2.05, 4.69) is 34.9 Å². The van der Waals surface area contributed by atoms with Gasteiger partial charge in [0.1, 0.15) is 12.6 Å². The van der Waals surface area contributed by atoms with Crippen molar-refractivity contribution in [3.63, 3.8) is 0 Å². The van der Waals surface area contributed by atoms with Crippen LogP contribution in [0.2, 0.25) is 0 Å². The van der Waals surface area contributed by atoms with Crippen LogP contribution in [0.25, 0.3) is 11.1 Å². The van der Waals surface area contributed by atoms with Crippen molar-refractivity contribution in [2.45, 2.75) is 51.1 Å². The molecule has 0 aliphatic heterocycles. The van der Waals surface area contributed by atoms with Crippen molar-refractivity contribution in [1.29, 1.82) is 0 Å². The molecule has 1 fully saturated rings. The Morgan fingerprint density at radius 1 is 1.00 bits per heavy atom. The minimum atomic E-state index is -1.06. The van der Waals surface area contributed by atoms with Gasteiger partial charge in [0.2, 0.25) is 5.91 Å². The summed E-state index contributed by atoms with van der Waals surface area (Å²) in [6.07, 6.45) is 1.48. The number of hydrogen-bond acceptors (Lipinski definition) is 4. The van der Waals surface area contributed by atoms with Crippen LogP contribution >= 0.6 is 0 Å². The van der Waals surface area contributed by atoms with Crippen LogP contribution in [0.15, 0.2) is 48.5 Å². The summed E-state index contributed by atoms with van der Waals surface area (Å²) in [6, 6.07) is 14.9. The smallest absolute Gasteiger partial charge is 0.407 e. The first-order chi connectivity index (χ1) is 15.9. The number of carbonyl (C=O) groups is 3. The third kappa shape index (κ3) is 4.72. The van der Waals surface area contributed by atoms with E-state index in [0.717, 1.165) is 28.7 Å². The Balaban J connectivity index is 1.37. The number of amides is 2. The van der Waals surface area contributed by atoms with Crippen molar-refractivity contribution < 1.29 is 24.2 Å². The molecule has 1 saturated carbocycles. The number of nitrogens with one attached hydrogen (secondary N) is 2. The summed E-state index contributed by atoms with van der Waals surface area (Å²) in [5, 5.41) is 14.8. The van der Waals surface area contributed by atoms with Crippen LogP contribution in [0.4, 0.5) is 4.79 Å². The number of carbonyl (C=O) groups excluding carboxylic acids is 2. The predicted octanol–water partition coefficient (Wildman–Crippen LogP) is 3.92. The molecule has 3 atom stereocenters. The number of aliphatic carboxylic acids is 1. The van der Waals surface area contributed by atoms with Gasteiger partial charge in [0, 0.05) is 12.0 Å². The lowest BCUT2D eigenvalue weighted by Crippen LogP contribution is -2.50. The number of carboxylic acid groups (broad SMARTS) is 1. The zero-order chi connectivity index (χ0) is 23.5. The first-order valence-electron chi connectivity index (χ1n) is 11.5. The van der Waals surface area contributed by atoms with E-state index in [0.29, 0.717) is 12.8 Å². The molecule has 0 saturated heterocycles. The fourth-order valence-electron chi connectivity index (χ4n) is 5.01. The molecule has 0 heterocycles. The molecular weight excluding hydrogens is 420 g/mol. The maximum Gasteiger partial charge on any atom is 0.407 e. The molecule has 174 valence electrons. The molecular formula is C26H30N2O5. The second kappa shape index (κ2) is 9.65. The number of hydrogen-bond donors (Lipinski definition) is 3. The number of carboxylic acids is 1. The molecule has 0 spiro atoms. The fourth-order valence-corrected chi connectivity index (χ4v) is 5.01. The summed E-state index contributed by atoms with van der Waals surface area (Å²) < 4.78 is 5.61. The maximum absolute atomic E-state index is 12.7. The molecule has 0 bridgehead atoms. The van der Waals surface area contributed by atoms with Crippen LogP contribution in [0, 0.1) is 11.8 Å². The van der Waals surface area contributed by atoms with Gasteiger partial charge >= 0.3 is 12.1 Å². The van der Waals surface area contributed by atoms with Gasteiger partial charge in [0.25, 0.3) is 0 Å². The van der Waals surface area contributed by atoms with Crippen LogP contribution < -0.4 is 10.6 Å². The van der Waals surface area contributed by atoms with Gasteiger partial charge in [0.15, 0.2) is 0 Å². The van der Waals surface area contributed by atoms with Crippen molar-refractivity contribution in [2.24, 2.45) is 11.8 Å². The number of fused-ring (bicyclic) bond motifs is 3. The first kappa shape index (κ1) is 22.8. The van der Waals surface area contributed by atoms with Gasteiger partial charge in [-0.3, -0.25) is 4.79 Å². The Morgan fingerprint density at radius 2 is 1.61 bits per heavy atom. The third-order valence-electron chi connectivity index (χ3n) is 6.73. The summed E-state index contributed by atoms with van der Waals surface area (Å²) in [6.45, 7) is 3.71. The van der Waals surface area contributed by atoms with Gasteiger partial charge < -0.3 is 20.5 Å². The zero-order valence-electron chi connectivity index (χ0n) is 18.9. The molecule has 3 unspecified atom stereocenters. The number of ether oxygens (including phenoxy) is 1. The molecule has 7 nitrogen and oxygen atoms in total. The lowest BCUT2D eigenvalue weighted by Gasteiger charge is -2.24. The Labute approximate surface area is 193 Å². The topological polar surface area (TPSA) is 105 Å². The second-order valence-electron chi connectivity index (χ2n) is 9.18. The van der Waals surface area contributed by atoms with Crippen molar-refractivity contribution >= 4 is 18.0 Å². The first-order valence-corrected chi connectivity index (χ1v) is 11.5. The van der Waals surface area contributed by atoms with E-state index in [1.54, 1.807) is 13.8 Å². The summed E-state index contributed by atoms with van der Waals surface area (Å²) in [4.78, 5) is 36.8. The van der Waals surface area contributed by atoms with Crippen molar-refractivity contribution in [3.8, 4) is 11.1 Å². The minimum Gasteiger partial charge on any atom is -0.480 e. The highest BCUT2D eigenvalue weighted by molar-refractivity contribution is 5.86. The molecule has 2 aromatic rings. The Kier molecular flexibility index (Phi) is 6.67. The molecule has 2 aliphatic carbocycles. The highest BCUT2D eigenvalue weighted by Gasteiger charge is 2.37. The lowest BCUT2D eigenvalue weighted by atomic mass is 9.98. The van der Waals surface area contributed by atoms with E-state index in [4.69, 9.17) is 4.74 Å². The molecule has 0 radical (unpaired) electrons. The van der Waals surface area contributed by atoms with Crippen molar-refractivity contribution in [3.05, 3.63) is 59.7 Å². The quantitative estimate of drug-likeness (QED) is 0.593. The zero-order valence-corrected chi connectivity index (χ0v) is 18.9. The normalized spacial score (nSPS) is 20.1. The molecule has 2 amide bonds. The van der Waals surface area contributed by atoms with E-state index >= 15 is 0 Å². The monoisotopic (exact) mass is 450 g/mol. The average Bonchev–Trinajstić information content (AvgIpc) is 3.38. The largest absolute Gasteiger partial charge is 0.480 e. The van der Waals surface area contributed by atoms with E-state index in [1.807, 2.05) is 24.3 Å². The molecule has 2 aliphatic rings. The molecule has 7 heteroatoms. The van der Waals surface area contributed by atoms with Crippen molar-refractivity contribution in [1.82, 2.24) is 10.6 Å². The van der Waals surface area contributed by atoms with Gasteiger partial charge in [-0.05, 0) is 41.0 Å². The third-order valence-corrected chi connectivity index (χ3v) is 6.73. The van der Waals surface area contributed by atoms with E-state index < -0.39 is 24.0 Å². The highest BCUT2D eigenvalue weighted by Crippen LogP contribution is 2.44. The summed E-state index contributed by atoms with van der Waals surface area (Å²) >= 11 is 0. The second-order valence-corrected chi connectivity index (χ2v) is 9.18.